The van der Waals surface area contributed by atoms with Gasteiger partial charge in [-0.05, 0) is 36.8 Å². The fourth-order valence-electron chi connectivity index (χ4n) is 4.46. The quantitative estimate of drug-likeness (QED) is 0.616. The second-order valence-electron chi connectivity index (χ2n) is 7.58. The second kappa shape index (κ2) is 7.64. The molecule has 1 aromatic heterocycles. The van der Waals surface area contributed by atoms with Gasteiger partial charge in [-0.2, -0.15) is 5.10 Å². The molecule has 0 amide bonds. The summed E-state index contributed by atoms with van der Waals surface area (Å²) in [4.78, 5) is 12.8. The van der Waals surface area contributed by atoms with Crippen molar-refractivity contribution < 1.29 is 23.7 Å². The predicted molar refractivity (Wildman–Crippen MR) is 118 cm³/mol. The molecule has 32 heavy (non-hydrogen) atoms. The van der Waals surface area contributed by atoms with Crippen LogP contribution >= 0.6 is 0 Å². The van der Waals surface area contributed by atoms with Gasteiger partial charge >= 0.3 is 5.97 Å². The van der Waals surface area contributed by atoms with Gasteiger partial charge in [-0.1, -0.05) is 18.2 Å². The molecule has 3 aromatic rings. The van der Waals surface area contributed by atoms with Crippen molar-refractivity contribution >= 4 is 11.8 Å². The Labute approximate surface area is 185 Å². The van der Waals surface area contributed by atoms with Crippen LogP contribution in [0.5, 0.6) is 17.2 Å². The number of fused-ring (bicyclic) bond motifs is 1. The average molecular weight is 433 g/mol. The molecule has 0 fully saturated rings. The smallest absolute Gasteiger partial charge is 0.337 e. The summed E-state index contributed by atoms with van der Waals surface area (Å²) in [6.07, 6.45) is 0. The zero-order chi connectivity index (χ0) is 22.4. The number of ether oxygens (including phenoxy) is 4. The number of aryl methyl sites for hydroxylation is 1. The number of esters is 1. The second-order valence-corrected chi connectivity index (χ2v) is 7.58. The lowest BCUT2D eigenvalue weighted by molar-refractivity contribution is -0.136. The third-order valence-corrected chi connectivity index (χ3v) is 5.87. The van der Waals surface area contributed by atoms with Crippen molar-refractivity contribution in [2.75, 3.05) is 33.3 Å². The third kappa shape index (κ3) is 2.90. The zero-order valence-electron chi connectivity index (χ0n) is 18.3. The summed E-state index contributed by atoms with van der Waals surface area (Å²) in [5, 5.41) is 8.20. The van der Waals surface area contributed by atoms with E-state index in [0.29, 0.717) is 22.8 Å². The molecule has 2 aliphatic rings. The van der Waals surface area contributed by atoms with E-state index in [1.807, 2.05) is 54.1 Å². The van der Waals surface area contributed by atoms with E-state index in [1.165, 1.54) is 0 Å². The molecule has 0 aliphatic carbocycles. The SMILES string of the molecule is COc1cc([C@@H]2C3=C(COC3=O)Nc3c2c(C)nn3-c2ccccc2)cc(OC)c1OC. The van der Waals surface area contributed by atoms with Gasteiger partial charge < -0.3 is 24.3 Å². The number of hydrogen-bond donors (Lipinski definition) is 1. The molecule has 0 saturated carbocycles. The van der Waals surface area contributed by atoms with Gasteiger partial charge in [-0.15, -0.1) is 0 Å². The number of carbonyl (C=O) groups is 1. The van der Waals surface area contributed by atoms with Crippen molar-refractivity contribution in [2.24, 2.45) is 0 Å². The Morgan fingerprint density at radius 3 is 2.38 bits per heavy atom. The molecule has 0 saturated heterocycles. The maximum Gasteiger partial charge on any atom is 0.337 e. The number of cyclic esters (lactones) is 1. The summed E-state index contributed by atoms with van der Waals surface area (Å²) in [7, 11) is 4.70. The Morgan fingerprint density at radius 2 is 1.75 bits per heavy atom. The van der Waals surface area contributed by atoms with E-state index < -0.39 is 5.92 Å². The van der Waals surface area contributed by atoms with Crippen LogP contribution in [0, 0.1) is 6.92 Å². The van der Waals surface area contributed by atoms with E-state index in [-0.39, 0.29) is 12.6 Å². The normalized spacial score (nSPS) is 16.8. The highest BCUT2D eigenvalue weighted by Crippen LogP contribution is 2.49. The van der Waals surface area contributed by atoms with Crippen LogP contribution in [-0.4, -0.2) is 43.7 Å². The van der Waals surface area contributed by atoms with Crippen LogP contribution in [0.25, 0.3) is 5.69 Å². The van der Waals surface area contributed by atoms with Crippen molar-refractivity contribution in [3.05, 3.63) is 70.6 Å². The Morgan fingerprint density at radius 1 is 1.06 bits per heavy atom. The fourth-order valence-corrected chi connectivity index (χ4v) is 4.46. The molecule has 164 valence electrons. The Bertz CT molecular complexity index is 1220. The minimum absolute atomic E-state index is 0.188. The van der Waals surface area contributed by atoms with Crippen LogP contribution < -0.4 is 19.5 Å². The molecular weight excluding hydrogens is 410 g/mol. The molecule has 1 atom stereocenters. The zero-order valence-corrected chi connectivity index (χ0v) is 18.3. The first-order valence-electron chi connectivity index (χ1n) is 10.2. The maximum atomic E-state index is 12.8. The van der Waals surface area contributed by atoms with Crippen molar-refractivity contribution in [1.29, 1.82) is 0 Å². The number of aromatic nitrogens is 2. The molecule has 2 aromatic carbocycles. The first-order valence-corrected chi connectivity index (χ1v) is 10.2. The van der Waals surface area contributed by atoms with Crippen molar-refractivity contribution in [3.63, 3.8) is 0 Å². The highest BCUT2D eigenvalue weighted by Gasteiger charge is 2.42. The number of benzene rings is 2. The number of nitrogens with one attached hydrogen (secondary N) is 1. The topological polar surface area (TPSA) is 83.8 Å². The highest BCUT2D eigenvalue weighted by molar-refractivity contribution is 5.97. The number of methoxy groups -OCH3 is 3. The number of carbonyl (C=O) groups excluding carboxylic acids is 1. The van der Waals surface area contributed by atoms with Gasteiger partial charge in [-0.3, -0.25) is 0 Å². The lowest BCUT2D eigenvalue weighted by Gasteiger charge is -2.26. The summed E-state index contributed by atoms with van der Waals surface area (Å²) in [6, 6.07) is 13.6. The van der Waals surface area contributed by atoms with Crippen LogP contribution in [0.15, 0.2) is 53.7 Å². The average Bonchev–Trinajstić information content (AvgIpc) is 3.37. The van der Waals surface area contributed by atoms with Crippen molar-refractivity contribution in [1.82, 2.24) is 9.78 Å². The standard InChI is InChI=1S/C24H23N3O5/c1-13-19-20(14-10-17(29-2)22(31-4)18(11-14)30-3)21-16(12-32-24(21)28)25-23(19)27(26-13)15-8-6-5-7-9-15/h5-11,20,25H,12H2,1-4H3/t20-/m0/s1. The molecule has 0 bridgehead atoms. The summed E-state index contributed by atoms with van der Waals surface area (Å²) in [5.74, 6) is 1.59. The molecular formula is C24H23N3O5. The van der Waals surface area contributed by atoms with E-state index in [1.54, 1.807) is 21.3 Å². The summed E-state index contributed by atoms with van der Waals surface area (Å²) < 4.78 is 23.9. The Balaban J connectivity index is 1.76. The molecule has 0 radical (unpaired) electrons. The molecule has 3 heterocycles. The van der Waals surface area contributed by atoms with E-state index in [9.17, 15) is 4.79 Å². The first kappa shape index (κ1) is 20.0. The predicted octanol–water partition coefficient (Wildman–Crippen LogP) is 3.57. The van der Waals surface area contributed by atoms with Crippen LogP contribution in [0.3, 0.4) is 0 Å². The monoisotopic (exact) mass is 433 g/mol. The van der Waals surface area contributed by atoms with Gasteiger partial charge in [-0.25, -0.2) is 9.48 Å². The van der Waals surface area contributed by atoms with Gasteiger partial charge in [0.1, 0.15) is 12.4 Å². The summed E-state index contributed by atoms with van der Waals surface area (Å²) in [5.41, 5.74) is 4.76. The molecule has 8 nitrogen and oxygen atoms in total. The lowest BCUT2D eigenvalue weighted by atomic mass is 9.81. The van der Waals surface area contributed by atoms with Crippen LogP contribution in [0.4, 0.5) is 5.82 Å². The summed E-state index contributed by atoms with van der Waals surface area (Å²) in [6.45, 7) is 2.13. The molecule has 1 N–H and O–H groups in total. The molecule has 2 aliphatic heterocycles. The van der Waals surface area contributed by atoms with E-state index in [4.69, 9.17) is 24.0 Å². The number of anilines is 1. The van der Waals surface area contributed by atoms with Crippen molar-refractivity contribution in [2.45, 2.75) is 12.8 Å². The fraction of sp³-hybridized carbons (Fsp3) is 0.250. The largest absolute Gasteiger partial charge is 0.493 e. The van der Waals surface area contributed by atoms with E-state index in [2.05, 4.69) is 5.32 Å². The maximum absolute atomic E-state index is 12.8. The van der Waals surface area contributed by atoms with Crippen LogP contribution in [0.2, 0.25) is 0 Å². The summed E-state index contributed by atoms with van der Waals surface area (Å²) >= 11 is 0. The van der Waals surface area contributed by atoms with Crippen LogP contribution in [-0.2, 0) is 9.53 Å². The Hall–Kier alpha value is -3.94. The van der Waals surface area contributed by atoms with Gasteiger partial charge in [0.25, 0.3) is 0 Å². The lowest BCUT2D eigenvalue weighted by Crippen LogP contribution is -2.21. The van der Waals surface area contributed by atoms with Gasteiger partial charge in [0.2, 0.25) is 5.75 Å². The molecule has 0 spiro atoms. The molecule has 0 unspecified atom stereocenters. The number of nitrogens with zero attached hydrogens (tertiary/aromatic N) is 2. The molecule has 8 heteroatoms. The Kier molecular flexibility index (Phi) is 4.77. The molecule has 5 rings (SSSR count). The van der Waals surface area contributed by atoms with Gasteiger partial charge in [0.05, 0.1) is 44.0 Å². The number of rotatable bonds is 5. The third-order valence-electron chi connectivity index (χ3n) is 5.87. The van der Waals surface area contributed by atoms with Gasteiger partial charge in [0, 0.05) is 11.5 Å². The van der Waals surface area contributed by atoms with E-state index in [0.717, 1.165) is 34.0 Å². The van der Waals surface area contributed by atoms with Crippen molar-refractivity contribution in [3.8, 4) is 22.9 Å². The first-order chi connectivity index (χ1) is 15.6. The highest BCUT2D eigenvalue weighted by atomic mass is 16.5. The number of hydrogen-bond acceptors (Lipinski definition) is 7. The van der Waals surface area contributed by atoms with Gasteiger partial charge in [0.15, 0.2) is 11.5 Å². The minimum atomic E-state index is -0.401. The van der Waals surface area contributed by atoms with E-state index >= 15 is 0 Å². The number of para-hydroxylation sites is 1. The minimum Gasteiger partial charge on any atom is -0.493 e. The van der Waals surface area contributed by atoms with Crippen LogP contribution in [0.1, 0.15) is 22.7 Å².